The van der Waals surface area contributed by atoms with Gasteiger partial charge in [0.25, 0.3) is 0 Å². The summed E-state index contributed by atoms with van der Waals surface area (Å²) in [6.07, 6.45) is 4.64. The van der Waals surface area contributed by atoms with Gasteiger partial charge in [-0.1, -0.05) is 19.9 Å². The Bertz CT molecular complexity index is 667. The number of amides is 1. The molecule has 2 aromatic heterocycles. The van der Waals surface area contributed by atoms with Crippen LogP contribution in [0.15, 0.2) is 36.7 Å². The number of carbonyl (C=O) groups excluding carboxylic acids is 1. The quantitative estimate of drug-likeness (QED) is 0.910. The number of nitrogens with zero attached hydrogens (tertiary/aromatic N) is 4. The highest BCUT2D eigenvalue weighted by atomic mass is 16.1. The second kappa shape index (κ2) is 7.57. The number of fused-ring (bicyclic) bond motifs is 1. The molecule has 0 saturated heterocycles. The summed E-state index contributed by atoms with van der Waals surface area (Å²) in [5.41, 5.74) is 2.26. The van der Waals surface area contributed by atoms with Gasteiger partial charge in [0.1, 0.15) is 0 Å². The van der Waals surface area contributed by atoms with Crippen LogP contribution in [-0.2, 0) is 24.4 Å². The third kappa shape index (κ3) is 4.00. The van der Waals surface area contributed by atoms with Gasteiger partial charge in [-0.2, -0.15) is 5.10 Å². The highest BCUT2D eigenvalue weighted by Crippen LogP contribution is 2.19. The van der Waals surface area contributed by atoms with Crippen LogP contribution in [0, 0.1) is 5.92 Å². The van der Waals surface area contributed by atoms with Gasteiger partial charge < -0.3 is 5.32 Å². The lowest BCUT2D eigenvalue weighted by molar-refractivity contribution is -0.124. The predicted molar refractivity (Wildman–Crippen MR) is 92.0 cm³/mol. The number of hydrogen-bond donors (Lipinski definition) is 1. The fraction of sp³-hybridized carbons (Fsp3) is 0.500. The van der Waals surface area contributed by atoms with Crippen molar-refractivity contribution in [3.05, 3.63) is 48.0 Å². The number of nitrogens with one attached hydrogen (secondary N) is 1. The first-order valence-electron chi connectivity index (χ1n) is 8.56. The average molecular weight is 327 g/mol. The van der Waals surface area contributed by atoms with E-state index in [-0.39, 0.29) is 17.9 Å². The van der Waals surface area contributed by atoms with Gasteiger partial charge in [-0.25, -0.2) is 0 Å². The predicted octanol–water partition coefficient (Wildman–Crippen LogP) is 1.82. The van der Waals surface area contributed by atoms with Gasteiger partial charge in [-0.3, -0.25) is 19.4 Å². The molecule has 3 rings (SSSR count). The van der Waals surface area contributed by atoms with Crippen molar-refractivity contribution in [1.29, 1.82) is 0 Å². The third-order valence-corrected chi connectivity index (χ3v) is 4.49. The van der Waals surface area contributed by atoms with Crippen molar-refractivity contribution in [1.82, 2.24) is 25.0 Å². The fourth-order valence-electron chi connectivity index (χ4n) is 3.03. The van der Waals surface area contributed by atoms with Crippen LogP contribution >= 0.6 is 0 Å². The maximum absolute atomic E-state index is 11.9. The number of aromatic nitrogens is 3. The summed E-state index contributed by atoms with van der Waals surface area (Å²) in [5, 5.41) is 7.49. The SMILES string of the molecule is CC(C)C(=O)NC[C@H]1CCn2nccc2CN1Cc1ccccn1. The van der Waals surface area contributed by atoms with Crippen molar-refractivity contribution in [3.8, 4) is 0 Å². The van der Waals surface area contributed by atoms with Crippen LogP contribution in [0.4, 0.5) is 0 Å². The number of aryl methyl sites for hydroxylation is 1. The van der Waals surface area contributed by atoms with E-state index in [1.54, 1.807) is 0 Å². The van der Waals surface area contributed by atoms with E-state index < -0.39 is 0 Å². The molecule has 0 spiro atoms. The van der Waals surface area contributed by atoms with E-state index in [0.717, 1.165) is 31.7 Å². The van der Waals surface area contributed by atoms with Gasteiger partial charge in [0.15, 0.2) is 0 Å². The zero-order valence-electron chi connectivity index (χ0n) is 14.4. The van der Waals surface area contributed by atoms with Crippen molar-refractivity contribution >= 4 is 5.91 Å². The van der Waals surface area contributed by atoms with Gasteiger partial charge in [0.05, 0.1) is 11.4 Å². The molecule has 0 fully saturated rings. The lowest BCUT2D eigenvalue weighted by Crippen LogP contribution is -2.43. The lowest BCUT2D eigenvalue weighted by Gasteiger charge is -2.29. The van der Waals surface area contributed by atoms with Gasteiger partial charge in [0.2, 0.25) is 5.91 Å². The highest BCUT2D eigenvalue weighted by Gasteiger charge is 2.25. The molecule has 3 heterocycles. The van der Waals surface area contributed by atoms with Crippen molar-refractivity contribution in [3.63, 3.8) is 0 Å². The van der Waals surface area contributed by atoms with Crippen molar-refractivity contribution in [2.45, 2.75) is 45.9 Å². The number of hydrogen-bond acceptors (Lipinski definition) is 4. The second-order valence-electron chi connectivity index (χ2n) is 6.61. The van der Waals surface area contributed by atoms with E-state index in [1.807, 2.05) is 44.4 Å². The summed E-state index contributed by atoms with van der Waals surface area (Å²) in [4.78, 5) is 18.8. The van der Waals surface area contributed by atoms with Crippen molar-refractivity contribution in [2.24, 2.45) is 5.92 Å². The van der Waals surface area contributed by atoms with Gasteiger partial charge in [-0.05, 0) is 24.6 Å². The highest BCUT2D eigenvalue weighted by molar-refractivity contribution is 5.77. The molecule has 1 amide bonds. The lowest BCUT2D eigenvalue weighted by atomic mass is 10.1. The summed E-state index contributed by atoms with van der Waals surface area (Å²) < 4.78 is 2.07. The van der Waals surface area contributed by atoms with Gasteiger partial charge in [-0.15, -0.1) is 0 Å². The molecule has 0 saturated carbocycles. The summed E-state index contributed by atoms with van der Waals surface area (Å²) >= 11 is 0. The van der Waals surface area contributed by atoms with E-state index in [2.05, 4.69) is 31.0 Å². The molecule has 0 aromatic carbocycles. The Morgan fingerprint density at radius 1 is 1.33 bits per heavy atom. The van der Waals surface area contributed by atoms with E-state index >= 15 is 0 Å². The molecule has 2 aromatic rings. The molecular formula is C18H25N5O. The molecule has 0 unspecified atom stereocenters. The van der Waals surface area contributed by atoms with Crippen LogP contribution in [0.25, 0.3) is 0 Å². The Hall–Kier alpha value is -2.21. The number of pyridine rings is 1. The third-order valence-electron chi connectivity index (χ3n) is 4.49. The number of carbonyl (C=O) groups is 1. The minimum atomic E-state index is 0.00968. The molecule has 6 heteroatoms. The average Bonchev–Trinajstić information content (AvgIpc) is 2.95. The standard InChI is InChI=1S/C18H25N5O/c1-14(2)18(24)20-11-16-7-10-23-17(6-9-21-23)13-22(16)12-15-5-3-4-8-19-15/h3-6,8-9,14,16H,7,10-13H2,1-2H3,(H,20,24)/t16-/m1/s1. The summed E-state index contributed by atoms with van der Waals surface area (Å²) in [6.45, 7) is 6.97. The molecular weight excluding hydrogens is 302 g/mol. The normalized spacial score (nSPS) is 18.2. The monoisotopic (exact) mass is 327 g/mol. The maximum Gasteiger partial charge on any atom is 0.222 e. The first kappa shape index (κ1) is 16.6. The summed E-state index contributed by atoms with van der Waals surface area (Å²) in [5.74, 6) is 0.116. The Labute approximate surface area is 142 Å². The first-order chi connectivity index (χ1) is 11.6. The van der Waals surface area contributed by atoms with Crippen LogP contribution < -0.4 is 5.32 Å². The van der Waals surface area contributed by atoms with Gasteiger partial charge in [0, 0.05) is 50.5 Å². The van der Waals surface area contributed by atoms with Crippen LogP contribution in [0.5, 0.6) is 0 Å². The van der Waals surface area contributed by atoms with E-state index in [0.29, 0.717) is 6.54 Å². The molecule has 1 aliphatic rings. The molecule has 24 heavy (non-hydrogen) atoms. The van der Waals surface area contributed by atoms with E-state index in [1.165, 1.54) is 5.69 Å². The molecule has 0 radical (unpaired) electrons. The van der Waals surface area contributed by atoms with Crippen molar-refractivity contribution in [2.75, 3.05) is 6.54 Å². The molecule has 128 valence electrons. The smallest absolute Gasteiger partial charge is 0.222 e. The molecule has 1 N–H and O–H groups in total. The van der Waals surface area contributed by atoms with E-state index in [9.17, 15) is 4.79 Å². The molecule has 6 nitrogen and oxygen atoms in total. The minimum absolute atomic E-state index is 0.00968. The molecule has 0 aliphatic carbocycles. The van der Waals surface area contributed by atoms with Crippen LogP contribution in [0.2, 0.25) is 0 Å². The zero-order chi connectivity index (χ0) is 16.9. The Kier molecular flexibility index (Phi) is 5.25. The largest absolute Gasteiger partial charge is 0.354 e. The number of rotatable bonds is 5. The molecule has 0 bridgehead atoms. The first-order valence-corrected chi connectivity index (χ1v) is 8.56. The molecule has 1 aliphatic heterocycles. The Balaban J connectivity index is 1.73. The van der Waals surface area contributed by atoms with Crippen LogP contribution in [0.1, 0.15) is 31.7 Å². The zero-order valence-corrected chi connectivity index (χ0v) is 14.4. The molecule has 1 atom stereocenters. The second-order valence-corrected chi connectivity index (χ2v) is 6.61. The topological polar surface area (TPSA) is 63.1 Å². The van der Waals surface area contributed by atoms with Crippen LogP contribution in [-0.4, -0.2) is 38.2 Å². The summed E-state index contributed by atoms with van der Waals surface area (Å²) in [6, 6.07) is 8.34. The summed E-state index contributed by atoms with van der Waals surface area (Å²) in [7, 11) is 0. The fourth-order valence-corrected chi connectivity index (χ4v) is 3.03. The van der Waals surface area contributed by atoms with Crippen molar-refractivity contribution < 1.29 is 4.79 Å². The Morgan fingerprint density at radius 3 is 2.96 bits per heavy atom. The minimum Gasteiger partial charge on any atom is -0.354 e. The van der Waals surface area contributed by atoms with Crippen LogP contribution in [0.3, 0.4) is 0 Å². The van der Waals surface area contributed by atoms with Gasteiger partial charge >= 0.3 is 0 Å². The van der Waals surface area contributed by atoms with E-state index in [4.69, 9.17) is 0 Å². The maximum atomic E-state index is 11.9. The Morgan fingerprint density at radius 2 is 2.21 bits per heavy atom.